The molecule has 0 radical (unpaired) electrons. The van der Waals surface area contributed by atoms with Gasteiger partial charge in [0, 0.05) is 19.6 Å². The molecule has 16 heavy (non-hydrogen) atoms. The first-order chi connectivity index (χ1) is 7.59. The van der Waals surface area contributed by atoms with E-state index >= 15 is 0 Å². The molecule has 0 aliphatic heterocycles. The third kappa shape index (κ3) is 4.77. The van der Waals surface area contributed by atoms with Gasteiger partial charge < -0.3 is 10.2 Å². The highest BCUT2D eigenvalue weighted by atomic mass is 15.1. The topological polar surface area (TPSA) is 15.3 Å². The van der Waals surface area contributed by atoms with Crippen molar-refractivity contribution in [3.63, 3.8) is 0 Å². The Balaban J connectivity index is 2.39. The highest BCUT2D eigenvalue weighted by Crippen LogP contribution is 2.15. The second-order valence-corrected chi connectivity index (χ2v) is 4.88. The Morgan fingerprint density at radius 3 is 2.62 bits per heavy atom. The standard InChI is InChI=1S/C14H24N2/c1-12(2)14-7-5-6-13(10-14)11-15-8-9-16(3)4/h5-7,10,12,15H,8-9,11H2,1-4H3. The number of hydrogen-bond donors (Lipinski definition) is 1. The average molecular weight is 220 g/mol. The Kier molecular flexibility index (Phi) is 5.50. The van der Waals surface area contributed by atoms with Crippen LogP contribution in [-0.4, -0.2) is 32.1 Å². The highest BCUT2D eigenvalue weighted by molar-refractivity contribution is 5.25. The number of rotatable bonds is 6. The Morgan fingerprint density at radius 2 is 2.00 bits per heavy atom. The zero-order valence-electron chi connectivity index (χ0n) is 11.0. The van der Waals surface area contributed by atoms with E-state index < -0.39 is 0 Å². The van der Waals surface area contributed by atoms with Crippen LogP contribution in [0, 0.1) is 0 Å². The van der Waals surface area contributed by atoms with Gasteiger partial charge in [0.2, 0.25) is 0 Å². The summed E-state index contributed by atoms with van der Waals surface area (Å²) >= 11 is 0. The van der Waals surface area contributed by atoms with Crippen molar-refractivity contribution in [2.45, 2.75) is 26.3 Å². The normalized spacial score (nSPS) is 11.4. The summed E-state index contributed by atoms with van der Waals surface area (Å²) in [5.41, 5.74) is 2.80. The van der Waals surface area contributed by atoms with Crippen LogP contribution in [0.15, 0.2) is 24.3 Å². The lowest BCUT2D eigenvalue weighted by Crippen LogP contribution is -2.26. The van der Waals surface area contributed by atoms with Gasteiger partial charge in [0.25, 0.3) is 0 Å². The van der Waals surface area contributed by atoms with Crippen LogP contribution in [0.4, 0.5) is 0 Å². The Morgan fingerprint density at radius 1 is 1.25 bits per heavy atom. The van der Waals surface area contributed by atoms with E-state index in [1.165, 1.54) is 11.1 Å². The van der Waals surface area contributed by atoms with E-state index in [9.17, 15) is 0 Å². The monoisotopic (exact) mass is 220 g/mol. The van der Waals surface area contributed by atoms with Crippen LogP contribution in [0.5, 0.6) is 0 Å². The maximum Gasteiger partial charge on any atom is 0.0206 e. The summed E-state index contributed by atoms with van der Waals surface area (Å²) in [7, 11) is 4.20. The summed E-state index contributed by atoms with van der Waals surface area (Å²) in [6, 6.07) is 8.84. The molecule has 0 atom stereocenters. The molecule has 1 N–H and O–H groups in total. The fourth-order valence-electron chi connectivity index (χ4n) is 1.60. The summed E-state index contributed by atoms with van der Waals surface area (Å²) in [5.74, 6) is 0.613. The number of nitrogens with zero attached hydrogens (tertiary/aromatic N) is 1. The van der Waals surface area contributed by atoms with E-state index in [1.54, 1.807) is 0 Å². The molecule has 0 aliphatic carbocycles. The summed E-state index contributed by atoms with van der Waals surface area (Å²) in [5, 5.41) is 3.46. The van der Waals surface area contributed by atoms with Crippen molar-refractivity contribution in [2.24, 2.45) is 0 Å². The second-order valence-electron chi connectivity index (χ2n) is 4.88. The minimum absolute atomic E-state index is 0.613. The molecule has 0 saturated heterocycles. The summed E-state index contributed by atoms with van der Waals surface area (Å²) in [6.07, 6.45) is 0. The molecule has 0 aliphatic rings. The molecule has 0 amide bonds. The lowest BCUT2D eigenvalue weighted by atomic mass is 10.0. The molecule has 1 rings (SSSR count). The van der Waals surface area contributed by atoms with E-state index in [2.05, 4.69) is 62.4 Å². The molecular formula is C14H24N2. The molecule has 2 heteroatoms. The summed E-state index contributed by atoms with van der Waals surface area (Å²) < 4.78 is 0. The number of likely N-dealkylation sites (N-methyl/N-ethyl adjacent to an activating group) is 1. The lowest BCUT2D eigenvalue weighted by Gasteiger charge is -2.11. The molecule has 0 fully saturated rings. The van der Waals surface area contributed by atoms with Crippen molar-refractivity contribution in [2.75, 3.05) is 27.2 Å². The van der Waals surface area contributed by atoms with Gasteiger partial charge in [0.1, 0.15) is 0 Å². The predicted octanol–water partition coefficient (Wildman–Crippen LogP) is 2.46. The first-order valence-electron chi connectivity index (χ1n) is 6.04. The van der Waals surface area contributed by atoms with Gasteiger partial charge >= 0.3 is 0 Å². The summed E-state index contributed by atoms with van der Waals surface area (Å²) in [6.45, 7) is 7.56. The van der Waals surface area contributed by atoms with Crippen molar-refractivity contribution < 1.29 is 0 Å². The van der Waals surface area contributed by atoms with Gasteiger partial charge in [-0.25, -0.2) is 0 Å². The second kappa shape index (κ2) is 6.66. The largest absolute Gasteiger partial charge is 0.311 e. The van der Waals surface area contributed by atoms with Gasteiger partial charge in [-0.3, -0.25) is 0 Å². The van der Waals surface area contributed by atoms with Gasteiger partial charge in [0.05, 0.1) is 0 Å². The van der Waals surface area contributed by atoms with Crippen LogP contribution in [0.25, 0.3) is 0 Å². The number of nitrogens with one attached hydrogen (secondary N) is 1. The van der Waals surface area contributed by atoms with Gasteiger partial charge in [0.15, 0.2) is 0 Å². The highest BCUT2D eigenvalue weighted by Gasteiger charge is 1.99. The Hall–Kier alpha value is -0.860. The van der Waals surface area contributed by atoms with Crippen LogP contribution in [0.3, 0.4) is 0 Å². The molecule has 1 aromatic carbocycles. The number of benzene rings is 1. The molecular weight excluding hydrogens is 196 g/mol. The van der Waals surface area contributed by atoms with E-state index in [0.717, 1.165) is 19.6 Å². The minimum Gasteiger partial charge on any atom is -0.311 e. The quantitative estimate of drug-likeness (QED) is 0.741. The van der Waals surface area contributed by atoms with Crippen LogP contribution in [0.2, 0.25) is 0 Å². The van der Waals surface area contributed by atoms with Crippen LogP contribution in [0.1, 0.15) is 30.9 Å². The van der Waals surface area contributed by atoms with Crippen molar-refractivity contribution in [3.05, 3.63) is 35.4 Å². The Bertz CT molecular complexity index is 305. The van der Waals surface area contributed by atoms with Gasteiger partial charge in [-0.2, -0.15) is 0 Å². The third-order valence-electron chi connectivity index (χ3n) is 2.68. The van der Waals surface area contributed by atoms with Gasteiger partial charge in [-0.1, -0.05) is 38.1 Å². The molecule has 0 bridgehead atoms. The Labute approximate surface area is 99.7 Å². The van der Waals surface area contributed by atoms with Crippen molar-refractivity contribution in [1.29, 1.82) is 0 Å². The predicted molar refractivity (Wildman–Crippen MR) is 70.8 cm³/mol. The first-order valence-corrected chi connectivity index (χ1v) is 6.04. The van der Waals surface area contributed by atoms with Crippen LogP contribution < -0.4 is 5.32 Å². The molecule has 0 saturated carbocycles. The fraction of sp³-hybridized carbons (Fsp3) is 0.571. The lowest BCUT2D eigenvalue weighted by molar-refractivity contribution is 0.400. The van der Waals surface area contributed by atoms with Gasteiger partial charge in [-0.15, -0.1) is 0 Å². The van der Waals surface area contributed by atoms with Crippen molar-refractivity contribution >= 4 is 0 Å². The molecule has 0 heterocycles. The summed E-state index contributed by atoms with van der Waals surface area (Å²) in [4.78, 5) is 2.19. The van der Waals surface area contributed by atoms with Crippen molar-refractivity contribution in [3.8, 4) is 0 Å². The minimum atomic E-state index is 0.613. The average Bonchev–Trinajstić information content (AvgIpc) is 2.24. The molecule has 1 aromatic rings. The molecule has 90 valence electrons. The van der Waals surface area contributed by atoms with E-state index in [4.69, 9.17) is 0 Å². The fourth-order valence-corrected chi connectivity index (χ4v) is 1.60. The van der Waals surface area contributed by atoms with E-state index in [-0.39, 0.29) is 0 Å². The van der Waals surface area contributed by atoms with Crippen LogP contribution in [-0.2, 0) is 6.54 Å². The van der Waals surface area contributed by atoms with Crippen molar-refractivity contribution in [1.82, 2.24) is 10.2 Å². The maximum absolute atomic E-state index is 3.46. The SMILES string of the molecule is CC(C)c1cccc(CNCCN(C)C)c1. The zero-order valence-corrected chi connectivity index (χ0v) is 11.0. The third-order valence-corrected chi connectivity index (χ3v) is 2.68. The first kappa shape index (κ1) is 13.2. The smallest absolute Gasteiger partial charge is 0.0206 e. The van der Waals surface area contributed by atoms with E-state index in [1.807, 2.05) is 0 Å². The molecule has 0 aromatic heterocycles. The number of hydrogen-bond acceptors (Lipinski definition) is 2. The zero-order chi connectivity index (χ0) is 12.0. The van der Waals surface area contributed by atoms with Crippen LogP contribution >= 0.6 is 0 Å². The molecule has 2 nitrogen and oxygen atoms in total. The maximum atomic E-state index is 3.46. The van der Waals surface area contributed by atoms with E-state index in [0.29, 0.717) is 5.92 Å². The molecule has 0 spiro atoms. The molecule has 0 unspecified atom stereocenters. The van der Waals surface area contributed by atoms with Gasteiger partial charge in [-0.05, 0) is 31.1 Å².